The van der Waals surface area contributed by atoms with E-state index in [4.69, 9.17) is 19.2 Å². The molecule has 0 unspecified atom stereocenters. The first-order valence-electron chi connectivity index (χ1n) is 0.783. The van der Waals surface area contributed by atoms with E-state index in [0.29, 0.717) is 0 Å². The monoisotopic (exact) mass is 380 g/mol. The third-order valence-corrected chi connectivity index (χ3v) is 0. The quantitative estimate of drug-likeness (QED) is 0.376. The van der Waals surface area contributed by atoms with Crippen LogP contribution in [-0.2, 0) is 46.7 Å². The van der Waals surface area contributed by atoms with E-state index < -0.39 is 7.82 Å². The molecular formula is H3MoO4PW. The molecule has 0 radical (unpaired) electrons. The van der Waals surface area contributed by atoms with Crippen molar-refractivity contribution in [1.82, 2.24) is 0 Å². The van der Waals surface area contributed by atoms with Gasteiger partial charge in [0.2, 0.25) is 0 Å². The topological polar surface area (TPSA) is 77.8 Å². The molecule has 0 aromatic carbocycles. The van der Waals surface area contributed by atoms with Crippen LogP contribution in [0.5, 0.6) is 0 Å². The maximum Gasteiger partial charge on any atom is 0.466 e. The summed E-state index contributed by atoms with van der Waals surface area (Å²) < 4.78 is 8.88. The maximum absolute atomic E-state index is 8.88. The first-order chi connectivity index (χ1) is 2.00. The van der Waals surface area contributed by atoms with E-state index in [2.05, 4.69) is 0 Å². The molecule has 0 saturated heterocycles. The van der Waals surface area contributed by atoms with E-state index >= 15 is 0 Å². The molecule has 0 heterocycles. The van der Waals surface area contributed by atoms with Gasteiger partial charge in [-0.3, -0.25) is 0 Å². The predicted octanol–water partition coefficient (Wildman–Crippen LogP) is -0.934. The fourth-order valence-electron chi connectivity index (χ4n) is 0. The average molecular weight is 378 g/mol. The summed E-state index contributed by atoms with van der Waals surface area (Å²) in [6.07, 6.45) is 0. The van der Waals surface area contributed by atoms with Crippen LogP contribution in [0.3, 0.4) is 0 Å². The molecule has 44 valence electrons. The Morgan fingerprint density at radius 1 is 1.14 bits per heavy atom. The van der Waals surface area contributed by atoms with Gasteiger partial charge < -0.3 is 14.7 Å². The van der Waals surface area contributed by atoms with Crippen LogP contribution in [0.15, 0.2) is 0 Å². The summed E-state index contributed by atoms with van der Waals surface area (Å²) in [5.74, 6) is 0. The number of hydrogen-bond donors (Lipinski definition) is 3. The van der Waals surface area contributed by atoms with Crippen LogP contribution in [0.2, 0.25) is 0 Å². The Morgan fingerprint density at radius 2 is 1.14 bits per heavy atom. The molecule has 0 aliphatic rings. The van der Waals surface area contributed by atoms with E-state index in [0.717, 1.165) is 0 Å². The molecule has 0 saturated carbocycles. The van der Waals surface area contributed by atoms with Gasteiger partial charge in [-0.1, -0.05) is 0 Å². The molecule has 7 heavy (non-hydrogen) atoms. The zero-order valence-corrected chi connectivity index (χ0v) is 8.85. The molecule has 0 spiro atoms. The Morgan fingerprint density at radius 3 is 1.14 bits per heavy atom. The molecular weight excluding hydrogens is 375 g/mol. The molecule has 0 amide bonds. The van der Waals surface area contributed by atoms with Crippen LogP contribution in [0, 0.1) is 0 Å². The SMILES string of the molecule is O=P(O)(O)O.[Mo].[W]. The summed E-state index contributed by atoms with van der Waals surface area (Å²) >= 11 is 0. The van der Waals surface area contributed by atoms with Crippen molar-refractivity contribution in [3.8, 4) is 0 Å². The van der Waals surface area contributed by atoms with Crippen molar-refractivity contribution in [2.24, 2.45) is 0 Å². The van der Waals surface area contributed by atoms with Crippen LogP contribution >= 0.6 is 7.82 Å². The molecule has 0 aromatic heterocycles. The minimum atomic E-state index is -4.64. The second kappa shape index (κ2) is 5.62. The van der Waals surface area contributed by atoms with Crippen LogP contribution < -0.4 is 0 Å². The van der Waals surface area contributed by atoms with Crippen LogP contribution in [-0.4, -0.2) is 14.7 Å². The Labute approximate surface area is 69.1 Å². The van der Waals surface area contributed by atoms with Gasteiger partial charge in [0.25, 0.3) is 0 Å². The first kappa shape index (κ1) is 15.8. The Kier molecular flexibility index (Phi) is 12.7. The third kappa shape index (κ3) is 102. The average Bonchev–Trinajstić information content (AvgIpc) is 0.722. The van der Waals surface area contributed by atoms with Gasteiger partial charge in [-0.25, -0.2) is 4.57 Å². The molecule has 3 N–H and O–H groups in total. The molecule has 0 bridgehead atoms. The van der Waals surface area contributed by atoms with Gasteiger partial charge in [0.1, 0.15) is 0 Å². The second-order valence-corrected chi connectivity index (χ2v) is 1.54. The van der Waals surface area contributed by atoms with Crippen molar-refractivity contribution in [3.63, 3.8) is 0 Å². The van der Waals surface area contributed by atoms with Crippen molar-refractivity contribution in [2.75, 3.05) is 0 Å². The summed E-state index contributed by atoms with van der Waals surface area (Å²) in [6.45, 7) is 0. The van der Waals surface area contributed by atoms with Crippen molar-refractivity contribution in [1.29, 1.82) is 0 Å². The van der Waals surface area contributed by atoms with Crippen molar-refractivity contribution in [3.05, 3.63) is 0 Å². The molecule has 0 aliphatic carbocycles. The summed E-state index contributed by atoms with van der Waals surface area (Å²) in [5.41, 5.74) is 0. The fourth-order valence-corrected chi connectivity index (χ4v) is 0. The van der Waals surface area contributed by atoms with Crippen molar-refractivity contribution < 1.29 is 61.4 Å². The van der Waals surface area contributed by atoms with Gasteiger partial charge in [-0.05, 0) is 0 Å². The second-order valence-electron chi connectivity index (χ2n) is 0.513. The molecule has 0 aromatic rings. The van der Waals surface area contributed by atoms with E-state index in [9.17, 15) is 0 Å². The van der Waals surface area contributed by atoms with E-state index in [1.54, 1.807) is 0 Å². The van der Waals surface area contributed by atoms with Crippen molar-refractivity contribution in [2.45, 2.75) is 0 Å². The normalized spacial score (nSPS) is 8.43. The Bertz CT molecular complexity index is 57.8. The maximum atomic E-state index is 8.88. The van der Waals surface area contributed by atoms with Crippen LogP contribution in [0.1, 0.15) is 0 Å². The first-order valence-corrected chi connectivity index (χ1v) is 2.35. The summed E-state index contributed by atoms with van der Waals surface area (Å²) in [5, 5.41) is 0. The number of phosphoric acid groups is 1. The smallest absolute Gasteiger partial charge is 0.303 e. The Balaban J connectivity index is -0.0000000800. The van der Waals surface area contributed by atoms with Gasteiger partial charge in [-0.15, -0.1) is 0 Å². The molecule has 0 rings (SSSR count). The van der Waals surface area contributed by atoms with Gasteiger partial charge in [0.05, 0.1) is 0 Å². The molecule has 4 nitrogen and oxygen atoms in total. The van der Waals surface area contributed by atoms with E-state index in [1.807, 2.05) is 0 Å². The van der Waals surface area contributed by atoms with Crippen LogP contribution in [0.4, 0.5) is 0 Å². The van der Waals surface area contributed by atoms with Gasteiger partial charge in [-0.2, -0.15) is 0 Å². The van der Waals surface area contributed by atoms with E-state index in [1.165, 1.54) is 0 Å². The van der Waals surface area contributed by atoms with E-state index in [-0.39, 0.29) is 42.1 Å². The minimum Gasteiger partial charge on any atom is -0.303 e. The molecule has 0 aliphatic heterocycles. The standard InChI is InChI=1S/Mo.H3O4P.W/c;1-5(2,3)4;/h;(H3,1,2,3,4);. The number of hydrogen-bond acceptors (Lipinski definition) is 1. The summed E-state index contributed by atoms with van der Waals surface area (Å²) in [6, 6.07) is 0. The van der Waals surface area contributed by atoms with Gasteiger partial charge >= 0.3 is 7.82 Å². The largest absolute Gasteiger partial charge is 0.466 e. The zero-order valence-electron chi connectivity index (χ0n) is 3.01. The van der Waals surface area contributed by atoms with Gasteiger partial charge in [0.15, 0.2) is 0 Å². The van der Waals surface area contributed by atoms with Gasteiger partial charge in [0, 0.05) is 42.1 Å². The molecule has 7 heteroatoms. The van der Waals surface area contributed by atoms with Crippen molar-refractivity contribution >= 4 is 7.82 Å². The summed E-state index contributed by atoms with van der Waals surface area (Å²) in [4.78, 5) is 21.6. The molecule has 0 atom stereocenters. The minimum absolute atomic E-state index is 0. The molecule has 0 fully saturated rings. The Hall–Kier alpha value is 1.49. The third-order valence-electron chi connectivity index (χ3n) is 0. The van der Waals surface area contributed by atoms with Crippen LogP contribution in [0.25, 0.3) is 0 Å². The predicted molar refractivity (Wildman–Crippen MR) is 14.3 cm³/mol. The number of rotatable bonds is 0. The summed E-state index contributed by atoms with van der Waals surface area (Å²) in [7, 11) is -4.64. The fraction of sp³-hybridized carbons (Fsp3) is 0. The zero-order chi connectivity index (χ0) is 4.50.